The number of alkyl halides is 6. The Hall–Kier alpha value is -3.12. The Morgan fingerprint density at radius 3 is 1.60 bits per heavy atom. The highest BCUT2D eigenvalue weighted by Gasteiger charge is 2.67. The maximum Gasteiger partial charge on any atom is 0.432 e. The third-order valence-corrected chi connectivity index (χ3v) is 9.01. The number of carbonyl (C=O) groups excluding carboxylic acids is 2. The van der Waals surface area contributed by atoms with Crippen LogP contribution in [-0.4, -0.2) is 51.2 Å². The molecule has 0 N–H and O–H groups in total. The number of fused-ring (bicyclic) bond motifs is 2. The van der Waals surface area contributed by atoms with Crippen molar-refractivity contribution in [2.24, 2.45) is 23.2 Å². The summed E-state index contributed by atoms with van der Waals surface area (Å²) in [5.41, 5.74) is -8.24. The van der Waals surface area contributed by atoms with Gasteiger partial charge in [-0.1, -0.05) is 74.5 Å². The van der Waals surface area contributed by atoms with Crippen LogP contribution in [0, 0.1) is 23.2 Å². The third kappa shape index (κ3) is 4.96. The summed E-state index contributed by atoms with van der Waals surface area (Å²) in [6, 6.07) is 12.7. The average molecular weight is 603 g/mol. The van der Waals surface area contributed by atoms with Gasteiger partial charge in [0.2, 0.25) is 0 Å². The highest BCUT2D eigenvalue weighted by Crippen LogP contribution is 2.62. The van der Waals surface area contributed by atoms with Crippen molar-refractivity contribution in [1.82, 2.24) is 0 Å². The SMILES string of the molecule is CO[C@](C(=O)OC[C@H]1C[C@@H](OC(=O)[C@@](OC)(c2ccccc2)C(F)(F)F)[C@@H]2C[C@H]1C2(C)C)(c1ccccc1)C(F)(F)F. The average Bonchev–Trinajstić information content (AvgIpc) is 2.92. The number of carbonyl (C=O) groups is 2. The minimum atomic E-state index is -5.17. The summed E-state index contributed by atoms with van der Waals surface area (Å²) < 4.78 is 106. The van der Waals surface area contributed by atoms with Gasteiger partial charge in [0.15, 0.2) is 0 Å². The van der Waals surface area contributed by atoms with Crippen LogP contribution in [0.1, 0.15) is 37.8 Å². The molecule has 6 nitrogen and oxygen atoms in total. The van der Waals surface area contributed by atoms with E-state index in [1.807, 2.05) is 13.8 Å². The summed E-state index contributed by atoms with van der Waals surface area (Å²) in [5.74, 6) is -4.35. The molecule has 0 heterocycles. The Labute approximate surface area is 239 Å². The summed E-state index contributed by atoms with van der Waals surface area (Å²) in [4.78, 5) is 26.4. The second-order valence-corrected chi connectivity index (χ2v) is 11.3. The molecule has 0 amide bonds. The summed E-state index contributed by atoms with van der Waals surface area (Å²) in [5, 5.41) is 0. The maximum atomic E-state index is 14.4. The van der Waals surface area contributed by atoms with Crippen LogP contribution in [0.15, 0.2) is 60.7 Å². The van der Waals surface area contributed by atoms with E-state index in [-0.39, 0.29) is 18.3 Å². The third-order valence-electron chi connectivity index (χ3n) is 9.01. The number of esters is 2. The first-order chi connectivity index (χ1) is 19.6. The zero-order valence-electron chi connectivity index (χ0n) is 23.4. The molecular formula is C30H32F6O6. The van der Waals surface area contributed by atoms with Crippen molar-refractivity contribution >= 4 is 11.9 Å². The van der Waals surface area contributed by atoms with Crippen molar-refractivity contribution < 1.29 is 54.9 Å². The second kappa shape index (κ2) is 11.2. The topological polar surface area (TPSA) is 71.1 Å². The van der Waals surface area contributed by atoms with Gasteiger partial charge in [0, 0.05) is 31.3 Å². The maximum absolute atomic E-state index is 14.4. The van der Waals surface area contributed by atoms with Crippen molar-refractivity contribution in [3.8, 4) is 0 Å². The van der Waals surface area contributed by atoms with Crippen LogP contribution in [0.2, 0.25) is 0 Å². The zero-order chi connectivity index (χ0) is 31.1. The van der Waals surface area contributed by atoms with Gasteiger partial charge in [0.05, 0.1) is 6.61 Å². The van der Waals surface area contributed by atoms with E-state index in [2.05, 4.69) is 0 Å². The molecule has 0 spiro atoms. The lowest BCUT2D eigenvalue weighted by molar-refractivity contribution is -0.286. The van der Waals surface area contributed by atoms with Crippen molar-refractivity contribution in [1.29, 1.82) is 0 Å². The van der Waals surface area contributed by atoms with Crippen LogP contribution >= 0.6 is 0 Å². The molecule has 3 fully saturated rings. The lowest BCUT2D eigenvalue weighted by Crippen LogP contribution is -2.62. The van der Waals surface area contributed by atoms with Gasteiger partial charge in [-0.25, -0.2) is 9.59 Å². The van der Waals surface area contributed by atoms with Crippen LogP contribution in [0.4, 0.5) is 26.3 Å². The van der Waals surface area contributed by atoms with Gasteiger partial charge in [-0.05, 0) is 30.1 Å². The Morgan fingerprint density at radius 2 is 1.19 bits per heavy atom. The van der Waals surface area contributed by atoms with Crippen LogP contribution in [0.3, 0.4) is 0 Å². The van der Waals surface area contributed by atoms with Gasteiger partial charge in [-0.3, -0.25) is 0 Å². The Morgan fingerprint density at radius 1 is 0.738 bits per heavy atom. The van der Waals surface area contributed by atoms with Gasteiger partial charge >= 0.3 is 24.3 Å². The fourth-order valence-corrected chi connectivity index (χ4v) is 6.65. The number of halogens is 6. The fraction of sp³-hybridized carbons (Fsp3) is 0.533. The monoisotopic (exact) mass is 602 g/mol. The Balaban J connectivity index is 1.57. The molecule has 12 heteroatoms. The van der Waals surface area contributed by atoms with Crippen molar-refractivity contribution in [3.05, 3.63) is 71.8 Å². The molecule has 2 aromatic rings. The molecule has 3 aliphatic rings. The van der Waals surface area contributed by atoms with Crippen molar-refractivity contribution in [2.45, 2.75) is 56.3 Å². The molecule has 2 bridgehead atoms. The van der Waals surface area contributed by atoms with Crippen molar-refractivity contribution in [2.75, 3.05) is 20.8 Å². The van der Waals surface area contributed by atoms with Gasteiger partial charge in [0.25, 0.3) is 11.2 Å². The van der Waals surface area contributed by atoms with E-state index in [9.17, 15) is 35.9 Å². The molecule has 0 unspecified atom stereocenters. The van der Waals surface area contributed by atoms with Crippen LogP contribution in [0.25, 0.3) is 0 Å². The van der Waals surface area contributed by atoms with E-state index >= 15 is 0 Å². The largest absolute Gasteiger partial charge is 0.463 e. The van der Waals surface area contributed by atoms with E-state index in [1.165, 1.54) is 36.4 Å². The molecule has 3 saturated carbocycles. The fourth-order valence-electron chi connectivity index (χ4n) is 6.65. The first-order valence-electron chi connectivity index (χ1n) is 13.3. The first kappa shape index (κ1) is 31.8. The van der Waals surface area contributed by atoms with Crippen molar-refractivity contribution in [3.63, 3.8) is 0 Å². The predicted octanol–water partition coefficient (Wildman–Crippen LogP) is 6.33. The van der Waals surface area contributed by atoms with Gasteiger partial charge in [-0.2, -0.15) is 26.3 Å². The molecule has 0 aromatic heterocycles. The minimum absolute atomic E-state index is 0.0123. The summed E-state index contributed by atoms with van der Waals surface area (Å²) in [7, 11) is 1.52. The van der Waals surface area contributed by atoms with Crippen LogP contribution in [-0.2, 0) is 39.7 Å². The molecule has 42 heavy (non-hydrogen) atoms. The molecule has 5 rings (SSSR count). The highest BCUT2D eigenvalue weighted by molar-refractivity contribution is 5.83. The van der Waals surface area contributed by atoms with Gasteiger partial charge < -0.3 is 18.9 Å². The molecule has 2 aromatic carbocycles. The molecular weight excluding hydrogens is 570 g/mol. The number of hydrogen-bond donors (Lipinski definition) is 0. The summed E-state index contributed by atoms with van der Waals surface area (Å²) >= 11 is 0. The quantitative estimate of drug-likeness (QED) is 0.247. The molecule has 0 aliphatic heterocycles. The lowest BCUT2D eigenvalue weighted by atomic mass is 9.44. The number of benzene rings is 2. The number of methoxy groups -OCH3 is 2. The van der Waals surface area contributed by atoms with Crippen LogP contribution < -0.4 is 0 Å². The van der Waals surface area contributed by atoms with E-state index < -0.39 is 70.7 Å². The molecule has 6 atom stereocenters. The summed E-state index contributed by atoms with van der Waals surface area (Å²) in [6.07, 6.45) is -10.9. The molecule has 0 saturated heterocycles. The zero-order valence-corrected chi connectivity index (χ0v) is 23.4. The van der Waals surface area contributed by atoms with Crippen LogP contribution in [0.5, 0.6) is 0 Å². The Kier molecular flexibility index (Phi) is 8.47. The molecule has 230 valence electrons. The smallest absolute Gasteiger partial charge is 0.432 e. The normalized spacial score (nSPS) is 26.2. The number of ether oxygens (including phenoxy) is 4. The Bertz CT molecular complexity index is 1260. The number of rotatable bonds is 9. The van der Waals surface area contributed by atoms with E-state index in [0.29, 0.717) is 6.42 Å². The molecule has 3 aliphatic carbocycles. The predicted molar refractivity (Wildman–Crippen MR) is 137 cm³/mol. The summed E-state index contributed by atoms with van der Waals surface area (Å²) in [6.45, 7) is 3.20. The number of hydrogen-bond acceptors (Lipinski definition) is 6. The van der Waals surface area contributed by atoms with Gasteiger partial charge in [-0.15, -0.1) is 0 Å². The molecule has 0 radical (unpaired) electrons. The lowest BCUT2D eigenvalue weighted by Gasteiger charge is -2.62. The van der Waals surface area contributed by atoms with E-state index in [0.717, 1.165) is 38.5 Å². The van der Waals surface area contributed by atoms with E-state index in [4.69, 9.17) is 18.9 Å². The van der Waals surface area contributed by atoms with Gasteiger partial charge in [0.1, 0.15) is 6.10 Å². The highest BCUT2D eigenvalue weighted by atomic mass is 19.4. The minimum Gasteiger partial charge on any atom is -0.463 e. The second-order valence-electron chi connectivity index (χ2n) is 11.3. The standard InChI is InChI=1S/C30H32F6O6/c1-26(2)21-16-22(26)23(42-25(38)28(40-4,30(34,35)36)20-13-9-6-10-14-20)15-18(21)17-41-24(37)27(39-3,29(31,32)33)19-11-7-5-8-12-19/h5-14,18,21-23H,15-17H2,1-4H3/t18-,21-,22+,23-,27+,28+/m1/s1. The van der Waals surface area contributed by atoms with E-state index in [1.54, 1.807) is 0 Å². The first-order valence-corrected chi connectivity index (χ1v) is 13.3.